The van der Waals surface area contributed by atoms with Gasteiger partial charge < -0.3 is 10.1 Å². The van der Waals surface area contributed by atoms with Crippen molar-refractivity contribution in [1.82, 2.24) is 10.2 Å². The van der Waals surface area contributed by atoms with Gasteiger partial charge in [-0.15, -0.1) is 0 Å². The molecule has 1 heterocycles. The molecule has 3 rings (SSSR count). The number of benzene rings is 2. The van der Waals surface area contributed by atoms with Crippen LogP contribution in [0, 0.1) is 5.82 Å². The largest absolute Gasteiger partial charge is 0.491 e. The van der Waals surface area contributed by atoms with E-state index in [-0.39, 0.29) is 36.0 Å². The van der Waals surface area contributed by atoms with Crippen LogP contribution in [0.15, 0.2) is 36.4 Å². The van der Waals surface area contributed by atoms with E-state index in [0.717, 1.165) is 28.9 Å². The highest BCUT2D eigenvalue weighted by Gasteiger charge is 2.28. The number of nitrogens with one attached hydrogen (secondary N) is 1. The van der Waals surface area contributed by atoms with Gasteiger partial charge in [0.1, 0.15) is 18.2 Å². The van der Waals surface area contributed by atoms with Crippen LogP contribution in [-0.4, -0.2) is 29.9 Å². The molecule has 2 aromatic rings. The third-order valence-corrected chi connectivity index (χ3v) is 5.60. The molecule has 0 aliphatic carbocycles. The summed E-state index contributed by atoms with van der Waals surface area (Å²) in [5.74, 6) is 0.0777. The second-order valence-corrected chi connectivity index (χ2v) is 7.77. The molecule has 7 heteroatoms. The fourth-order valence-corrected chi connectivity index (χ4v) is 3.57. The van der Waals surface area contributed by atoms with Crippen molar-refractivity contribution in [3.8, 4) is 5.75 Å². The molecule has 5 nitrogen and oxygen atoms in total. The smallest absolute Gasteiger partial charge is 0.229 e. The van der Waals surface area contributed by atoms with Crippen molar-refractivity contribution in [3.63, 3.8) is 0 Å². The van der Waals surface area contributed by atoms with Crippen molar-refractivity contribution in [1.29, 1.82) is 0 Å². The van der Waals surface area contributed by atoms with E-state index in [4.69, 9.17) is 16.3 Å². The first-order chi connectivity index (χ1) is 14.4. The zero-order valence-corrected chi connectivity index (χ0v) is 18.0. The Labute approximate surface area is 181 Å². The minimum atomic E-state index is -0.421. The second kappa shape index (κ2) is 10.0. The van der Waals surface area contributed by atoms with Gasteiger partial charge in [0, 0.05) is 25.4 Å². The van der Waals surface area contributed by atoms with Crippen LogP contribution >= 0.6 is 11.6 Å². The summed E-state index contributed by atoms with van der Waals surface area (Å²) in [7, 11) is 0. The van der Waals surface area contributed by atoms with Gasteiger partial charge in [0.15, 0.2) is 0 Å². The Morgan fingerprint density at radius 1 is 1.17 bits per heavy atom. The van der Waals surface area contributed by atoms with E-state index >= 15 is 0 Å². The first kappa shape index (κ1) is 22.2. The SMILES string of the molecule is CCc1cc(CN[C@H](C)c2ccc(Cl)c(F)c2)ccc1OCCN1C(=O)CCC1=O. The summed E-state index contributed by atoms with van der Waals surface area (Å²) >= 11 is 5.75. The van der Waals surface area contributed by atoms with Gasteiger partial charge in [-0.25, -0.2) is 4.39 Å². The molecule has 0 unspecified atom stereocenters. The highest BCUT2D eigenvalue weighted by Crippen LogP contribution is 2.23. The molecular formula is C23H26ClFN2O3. The number of halogens is 2. The molecule has 0 aromatic heterocycles. The van der Waals surface area contributed by atoms with Gasteiger partial charge in [0.25, 0.3) is 0 Å². The Morgan fingerprint density at radius 3 is 2.57 bits per heavy atom. The lowest BCUT2D eigenvalue weighted by Crippen LogP contribution is -2.33. The number of rotatable bonds is 9. The van der Waals surface area contributed by atoms with Crippen molar-refractivity contribution in [2.45, 2.75) is 45.7 Å². The third-order valence-electron chi connectivity index (χ3n) is 5.29. The summed E-state index contributed by atoms with van der Waals surface area (Å²) in [4.78, 5) is 24.6. The van der Waals surface area contributed by atoms with Gasteiger partial charge in [-0.05, 0) is 48.2 Å². The maximum absolute atomic E-state index is 13.7. The molecule has 160 valence electrons. The number of nitrogens with zero attached hydrogens (tertiary/aromatic N) is 1. The quantitative estimate of drug-likeness (QED) is 0.596. The third kappa shape index (κ3) is 5.37. The fourth-order valence-electron chi connectivity index (χ4n) is 3.45. The Bertz CT molecular complexity index is 919. The first-order valence-corrected chi connectivity index (χ1v) is 10.5. The highest BCUT2D eigenvalue weighted by molar-refractivity contribution is 6.30. The summed E-state index contributed by atoms with van der Waals surface area (Å²) in [6, 6.07) is 10.8. The molecule has 1 fully saturated rings. The van der Waals surface area contributed by atoms with Crippen LogP contribution in [0.4, 0.5) is 4.39 Å². The van der Waals surface area contributed by atoms with Crippen molar-refractivity contribution in [3.05, 3.63) is 63.9 Å². The van der Waals surface area contributed by atoms with E-state index in [2.05, 4.69) is 11.4 Å². The van der Waals surface area contributed by atoms with Crippen molar-refractivity contribution < 1.29 is 18.7 Å². The van der Waals surface area contributed by atoms with Crippen LogP contribution in [-0.2, 0) is 22.6 Å². The standard InChI is InChI=1S/C23H26ClFN2O3/c1-3-17-12-16(14-26-15(2)18-5-6-19(24)20(25)13-18)4-7-21(17)30-11-10-27-22(28)8-9-23(27)29/h4-7,12-13,15,26H,3,8-11,14H2,1-2H3/t15-/m1/s1. The molecule has 0 bridgehead atoms. The van der Waals surface area contributed by atoms with E-state index < -0.39 is 5.82 Å². The fraction of sp³-hybridized carbons (Fsp3) is 0.391. The van der Waals surface area contributed by atoms with Crippen LogP contribution in [0.2, 0.25) is 5.02 Å². The Balaban J connectivity index is 1.56. The van der Waals surface area contributed by atoms with Crippen LogP contribution in [0.1, 0.15) is 49.4 Å². The predicted molar refractivity (Wildman–Crippen MR) is 114 cm³/mol. The molecule has 2 amide bonds. The number of likely N-dealkylation sites (tertiary alicyclic amines) is 1. The first-order valence-electron chi connectivity index (χ1n) is 10.1. The number of aryl methyl sites for hydroxylation is 1. The molecule has 1 aliphatic heterocycles. The van der Waals surface area contributed by atoms with Crippen LogP contribution in [0.5, 0.6) is 5.75 Å². The molecule has 1 atom stereocenters. The topological polar surface area (TPSA) is 58.6 Å². The van der Waals surface area contributed by atoms with E-state index in [0.29, 0.717) is 19.4 Å². The number of amides is 2. The van der Waals surface area contributed by atoms with Gasteiger partial charge >= 0.3 is 0 Å². The van der Waals surface area contributed by atoms with Gasteiger partial charge in [0.2, 0.25) is 11.8 Å². The van der Waals surface area contributed by atoms with Gasteiger partial charge in [0.05, 0.1) is 11.6 Å². The summed E-state index contributed by atoms with van der Waals surface area (Å²) < 4.78 is 19.5. The molecule has 0 spiro atoms. The zero-order chi connectivity index (χ0) is 21.7. The van der Waals surface area contributed by atoms with Crippen LogP contribution < -0.4 is 10.1 Å². The summed E-state index contributed by atoms with van der Waals surface area (Å²) in [5, 5.41) is 3.51. The number of hydrogen-bond donors (Lipinski definition) is 1. The van der Waals surface area contributed by atoms with E-state index in [1.165, 1.54) is 11.0 Å². The highest BCUT2D eigenvalue weighted by atomic mass is 35.5. The monoisotopic (exact) mass is 432 g/mol. The van der Waals surface area contributed by atoms with Gasteiger partial charge in [-0.2, -0.15) is 0 Å². The number of hydrogen-bond acceptors (Lipinski definition) is 4. The molecule has 0 radical (unpaired) electrons. The average Bonchev–Trinajstić information content (AvgIpc) is 3.06. The second-order valence-electron chi connectivity index (χ2n) is 7.36. The van der Waals surface area contributed by atoms with Crippen molar-refractivity contribution in [2.24, 2.45) is 0 Å². The lowest BCUT2D eigenvalue weighted by molar-refractivity contribution is -0.138. The van der Waals surface area contributed by atoms with Crippen LogP contribution in [0.3, 0.4) is 0 Å². The van der Waals surface area contributed by atoms with E-state index in [1.807, 2.05) is 32.0 Å². The normalized spacial score (nSPS) is 15.0. The van der Waals surface area contributed by atoms with Crippen LogP contribution in [0.25, 0.3) is 0 Å². The number of carbonyl (C=O) groups excluding carboxylic acids is 2. The van der Waals surface area contributed by atoms with Crippen molar-refractivity contribution in [2.75, 3.05) is 13.2 Å². The molecule has 0 saturated carbocycles. The van der Waals surface area contributed by atoms with E-state index in [9.17, 15) is 14.0 Å². The Kier molecular flexibility index (Phi) is 7.45. The lowest BCUT2D eigenvalue weighted by atomic mass is 10.1. The zero-order valence-electron chi connectivity index (χ0n) is 17.2. The van der Waals surface area contributed by atoms with Crippen molar-refractivity contribution >= 4 is 23.4 Å². The Hall–Kier alpha value is -2.44. The summed E-state index contributed by atoms with van der Waals surface area (Å²) in [6.07, 6.45) is 1.38. The molecule has 1 saturated heterocycles. The van der Waals surface area contributed by atoms with Gasteiger partial charge in [-0.1, -0.05) is 36.7 Å². The molecule has 1 aliphatic rings. The number of carbonyl (C=O) groups is 2. The number of imide groups is 1. The maximum atomic E-state index is 13.7. The summed E-state index contributed by atoms with van der Waals surface area (Å²) in [6.45, 7) is 5.20. The van der Waals surface area contributed by atoms with E-state index in [1.54, 1.807) is 6.07 Å². The minimum absolute atomic E-state index is 0.0340. The molecule has 1 N–H and O–H groups in total. The predicted octanol–water partition coefficient (Wildman–Crippen LogP) is 4.42. The number of ether oxygens (including phenoxy) is 1. The molecule has 30 heavy (non-hydrogen) atoms. The maximum Gasteiger partial charge on any atom is 0.229 e. The average molecular weight is 433 g/mol. The minimum Gasteiger partial charge on any atom is -0.491 e. The van der Waals surface area contributed by atoms with Gasteiger partial charge in [-0.3, -0.25) is 14.5 Å². The Morgan fingerprint density at radius 2 is 1.90 bits per heavy atom. The molecular weight excluding hydrogens is 407 g/mol. The molecule has 2 aromatic carbocycles. The lowest BCUT2D eigenvalue weighted by Gasteiger charge is -2.17. The summed E-state index contributed by atoms with van der Waals surface area (Å²) in [5.41, 5.74) is 2.97.